The molecule has 1 rings (SSSR count). The molecule has 0 heterocycles. The van der Waals surface area contributed by atoms with Crippen LogP contribution in [-0.2, 0) is 4.79 Å². The average molecular weight is 283 g/mol. The Bertz CT molecular complexity index is 360. The molecule has 0 aliphatic carbocycles. The lowest BCUT2D eigenvalue weighted by Crippen LogP contribution is -2.28. The van der Waals surface area contributed by atoms with Gasteiger partial charge in [-0.15, -0.1) is 23.5 Å². The second-order valence-electron chi connectivity index (χ2n) is 4.91. The highest BCUT2D eigenvalue weighted by Crippen LogP contribution is 2.22. The van der Waals surface area contributed by atoms with Crippen molar-refractivity contribution in [2.75, 3.05) is 18.1 Å². The first-order valence-electron chi connectivity index (χ1n) is 6.06. The fraction of sp³-hybridized carbons (Fsp3) is 0.500. The van der Waals surface area contributed by atoms with Crippen molar-refractivity contribution in [3.63, 3.8) is 0 Å². The lowest BCUT2D eigenvalue weighted by molar-refractivity contribution is -0.118. The smallest absolute Gasteiger partial charge is 0.230 e. The van der Waals surface area contributed by atoms with Gasteiger partial charge in [0.15, 0.2) is 0 Å². The molecule has 0 radical (unpaired) electrons. The molecule has 1 aromatic carbocycles. The average Bonchev–Trinajstić information content (AvgIpc) is 2.33. The Morgan fingerprint density at radius 3 is 2.50 bits per heavy atom. The molecule has 0 unspecified atom stereocenters. The van der Waals surface area contributed by atoms with Crippen LogP contribution in [0.3, 0.4) is 0 Å². The molecule has 2 nitrogen and oxygen atoms in total. The van der Waals surface area contributed by atoms with Gasteiger partial charge >= 0.3 is 0 Å². The zero-order chi connectivity index (χ0) is 13.4. The van der Waals surface area contributed by atoms with Crippen LogP contribution in [-0.4, -0.2) is 28.7 Å². The number of carbonyl (C=O) groups excluding carboxylic acids is 1. The molecule has 0 aliphatic rings. The predicted molar refractivity (Wildman–Crippen MR) is 82.4 cm³/mol. The molecule has 0 saturated heterocycles. The van der Waals surface area contributed by atoms with E-state index < -0.39 is 0 Å². The van der Waals surface area contributed by atoms with Gasteiger partial charge in [-0.05, 0) is 12.1 Å². The lowest BCUT2D eigenvalue weighted by atomic mass is 10.3. The minimum Gasteiger partial charge on any atom is -0.355 e. The molecule has 0 fully saturated rings. The maximum absolute atomic E-state index is 11.6. The third-order valence-corrected chi connectivity index (χ3v) is 4.36. The summed E-state index contributed by atoms with van der Waals surface area (Å²) in [6, 6.07) is 10.2. The third kappa shape index (κ3) is 7.67. The topological polar surface area (TPSA) is 29.1 Å². The van der Waals surface area contributed by atoms with Crippen molar-refractivity contribution >= 4 is 29.4 Å². The number of rotatable bonds is 6. The number of benzene rings is 1. The van der Waals surface area contributed by atoms with E-state index in [1.807, 2.05) is 18.2 Å². The summed E-state index contributed by atoms with van der Waals surface area (Å²) in [6.45, 7) is 7.09. The highest BCUT2D eigenvalue weighted by Gasteiger charge is 2.12. The Morgan fingerprint density at radius 1 is 1.22 bits per heavy atom. The van der Waals surface area contributed by atoms with E-state index in [1.165, 1.54) is 4.90 Å². The van der Waals surface area contributed by atoms with E-state index in [1.54, 1.807) is 23.5 Å². The van der Waals surface area contributed by atoms with Gasteiger partial charge in [0.25, 0.3) is 0 Å². The maximum atomic E-state index is 11.6. The number of carbonyl (C=O) groups is 1. The summed E-state index contributed by atoms with van der Waals surface area (Å²) in [5.74, 6) is 1.58. The fourth-order valence-electron chi connectivity index (χ4n) is 1.21. The summed E-state index contributed by atoms with van der Waals surface area (Å²) < 4.78 is 0.149. The summed E-state index contributed by atoms with van der Waals surface area (Å²) in [7, 11) is 0. The number of nitrogens with one attached hydrogen (secondary N) is 1. The van der Waals surface area contributed by atoms with Gasteiger partial charge in [0.1, 0.15) is 0 Å². The molecule has 0 bridgehead atoms. The predicted octanol–water partition coefficient (Wildman–Crippen LogP) is 3.43. The van der Waals surface area contributed by atoms with Gasteiger partial charge in [-0.25, -0.2) is 0 Å². The molecule has 1 aromatic rings. The van der Waals surface area contributed by atoms with Crippen LogP contribution >= 0.6 is 23.5 Å². The van der Waals surface area contributed by atoms with Gasteiger partial charge in [0.2, 0.25) is 5.91 Å². The maximum Gasteiger partial charge on any atom is 0.230 e. The highest BCUT2D eigenvalue weighted by molar-refractivity contribution is 8.01. The third-order valence-electron chi connectivity index (χ3n) is 2.07. The standard InChI is InChI=1S/C14H21NOS2/c1-14(2,3)18-11-13(16)15-9-10-17-12-7-5-4-6-8-12/h4-8H,9-11H2,1-3H3,(H,15,16). The molecule has 0 saturated carbocycles. The van der Waals surface area contributed by atoms with Crippen LogP contribution in [0.4, 0.5) is 0 Å². The second-order valence-corrected chi connectivity index (χ2v) is 7.88. The van der Waals surface area contributed by atoms with E-state index in [4.69, 9.17) is 0 Å². The van der Waals surface area contributed by atoms with Crippen molar-refractivity contribution in [2.24, 2.45) is 0 Å². The van der Waals surface area contributed by atoms with Crippen molar-refractivity contribution in [2.45, 2.75) is 30.4 Å². The molecule has 100 valence electrons. The molecule has 0 atom stereocenters. The molecule has 18 heavy (non-hydrogen) atoms. The minimum absolute atomic E-state index is 0.128. The highest BCUT2D eigenvalue weighted by atomic mass is 32.2. The first kappa shape index (κ1) is 15.4. The molecule has 1 N–H and O–H groups in total. The first-order chi connectivity index (χ1) is 8.47. The van der Waals surface area contributed by atoms with E-state index in [0.717, 1.165) is 12.3 Å². The van der Waals surface area contributed by atoms with E-state index >= 15 is 0 Å². The Kier molecular flexibility index (Phi) is 6.65. The minimum atomic E-state index is 0.128. The van der Waals surface area contributed by atoms with Crippen LogP contribution < -0.4 is 5.32 Å². The fourth-order valence-corrected chi connectivity index (χ4v) is 2.66. The Balaban J connectivity index is 2.09. The van der Waals surface area contributed by atoms with Gasteiger partial charge in [-0.2, -0.15) is 0 Å². The summed E-state index contributed by atoms with van der Waals surface area (Å²) >= 11 is 3.44. The zero-order valence-electron chi connectivity index (χ0n) is 11.2. The van der Waals surface area contributed by atoms with Gasteiger partial charge < -0.3 is 5.32 Å². The SMILES string of the molecule is CC(C)(C)SCC(=O)NCCSc1ccccc1. The molecule has 1 amide bonds. The van der Waals surface area contributed by atoms with E-state index in [2.05, 4.69) is 38.2 Å². The largest absolute Gasteiger partial charge is 0.355 e. The van der Waals surface area contributed by atoms with E-state index in [0.29, 0.717) is 5.75 Å². The van der Waals surface area contributed by atoms with Crippen molar-refractivity contribution in [3.05, 3.63) is 30.3 Å². The van der Waals surface area contributed by atoms with E-state index in [-0.39, 0.29) is 10.7 Å². The normalized spacial score (nSPS) is 11.3. The zero-order valence-corrected chi connectivity index (χ0v) is 12.9. The molecular weight excluding hydrogens is 262 g/mol. The summed E-state index contributed by atoms with van der Waals surface area (Å²) in [6.07, 6.45) is 0. The summed E-state index contributed by atoms with van der Waals surface area (Å²) in [5, 5.41) is 2.94. The Labute approximate surface area is 118 Å². The quantitative estimate of drug-likeness (QED) is 0.640. The van der Waals surface area contributed by atoms with Crippen LogP contribution in [0.1, 0.15) is 20.8 Å². The van der Waals surface area contributed by atoms with Crippen LogP contribution in [0.2, 0.25) is 0 Å². The molecule has 0 aliphatic heterocycles. The Morgan fingerprint density at radius 2 is 1.89 bits per heavy atom. The number of hydrogen-bond acceptors (Lipinski definition) is 3. The van der Waals surface area contributed by atoms with Crippen molar-refractivity contribution < 1.29 is 4.79 Å². The second kappa shape index (κ2) is 7.74. The molecule has 0 aromatic heterocycles. The van der Waals surface area contributed by atoms with Gasteiger partial charge in [0, 0.05) is 21.9 Å². The van der Waals surface area contributed by atoms with Crippen molar-refractivity contribution in [3.8, 4) is 0 Å². The van der Waals surface area contributed by atoms with Crippen molar-refractivity contribution in [1.29, 1.82) is 0 Å². The summed E-state index contributed by atoms with van der Waals surface area (Å²) in [4.78, 5) is 12.8. The summed E-state index contributed by atoms with van der Waals surface area (Å²) in [5.41, 5.74) is 0. The van der Waals surface area contributed by atoms with Crippen molar-refractivity contribution in [1.82, 2.24) is 5.32 Å². The molecule has 4 heteroatoms. The van der Waals surface area contributed by atoms with E-state index in [9.17, 15) is 4.79 Å². The lowest BCUT2D eigenvalue weighted by Gasteiger charge is -2.16. The van der Waals surface area contributed by atoms with Gasteiger partial charge in [-0.1, -0.05) is 39.0 Å². The van der Waals surface area contributed by atoms with Crippen LogP contribution in [0.25, 0.3) is 0 Å². The van der Waals surface area contributed by atoms with Gasteiger partial charge in [0.05, 0.1) is 5.75 Å². The Hall–Kier alpha value is -0.610. The number of hydrogen-bond donors (Lipinski definition) is 1. The monoisotopic (exact) mass is 283 g/mol. The first-order valence-corrected chi connectivity index (χ1v) is 8.03. The number of amides is 1. The van der Waals surface area contributed by atoms with Crippen LogP contribution in [0.15, 0.2) is 35.2 Å². The van der Waals surface area contributed by atoms with Gasteiger partial charge in [-0.3, -0.25) is 4.79 Å². The van der Waals surface area contributed by atoms with Crippen LogP contribution in [0.5, 0.6) is 0 Å². The van der Waals surface area contributed by atoms with Crippen LogP contribution in [0, 0.1) is 0 Å². The number of thioether (sulfide) groups is 2. The molecule has 0 spiro atoms. The molecular formula is C14H21NOS2.